The van der Waals surface area contributed by atoms with Crippen molar-refractivity contribution >= 4 is 11.3 Å². The fourth-order valence-electron chi connectivity index (χ4n) is 1.53. The van der Waals surface area contributed by atoms with E-state index in [1.807, 2.05) is 12.4 Å². The monoisotopic (exact) mass is 219 g/mol. The van der Waals surface area contributed by atoms with Crippen LogP contribution in [0.1, 0.15) is 24.1 Å². The molecule has 0 fully saturated rings. The second kappa shape index (κ2) is 5.00. The Labute approximate surface area is 93.2 Å². The fourth-order valence-corrected chi connectivity index (χ4v) is 2.22. The topological polar surface area (TPSA) is 37.8 Å². The van der Waals surface area contributed by atoms with E-state index in [1.165, 1.54) is 5.56 Å². The van der Waals surface area contributed by atoms with Crippen LogP contribution in [0.2, 0.25) is 0 Å². The van der Waals surface area contributed by atoms with Crippen molar-refractivity contribution in [2.24, 2.45) is 0 Å². The van der Waals surface area contributed by atoms with Crippen molar-refractivity contribution in [2.75, 3.05) is 6.54 Å². The summed E-state index contributed by atoms with van der Waals surface area (Å²) >= 11 is 1.71. The van der Waals surface area contributed by atoms with Crippen LogP contribution in [-0.2, 0) is 0 Å². The van der Waals surface area contributed by atoms with Crippen LogP contribution >= 0.6 is 11.3 Å². The predicted molar refractivity (Wildman–Crippen MR) is 61.9 cm³/mol. The Hall–Kier alpha value is -1.26. The van der Waals surface area contributed by atoms with Gasteiger partial charge in [0.15, 0.2) is 0 Å². The van der Waals surface area contributed by atoms with Gasteiger partial charge in [0.05, 0.1) is 6.04 Å². The molecule has 0 radical (unpaired) electrons. The maximum absolute atomic E-state index is 4.05. The summed E-state index contributed by atoms with van der Waals surface area (Å²) in [5.41, 5.74) is 2.38. The number of thiophene rings is 1. The van der Waals surface area contributed by atoms with Crippen LogP contribution in [0, 0.1) is 0 Å². The first-order valence-corrected chi connectivity index (χ1v) is 5.86. The van der Waals surface area contributed by atoms with Crippen LogP contribution in [0.25, 0.3) is 0 Å². The van der Waals surface area contributed by atoms with E-state index in [-0.39, 0.29) is 6.04 Å². The van der Waals surface area contributed by atoms with Crippen LogP contribution in [0.15, 0.2) is 35.5 Å². The van der Waals surface area contributed by atoms with Gasteiger partial charge in [-0.25, -0.2) is 9.97 Å². The lowest BCUT2D eigenvalue weighted by molar-refractivity contribution is 0.628. The molecule has 3 nitrogen and oxygen atoms in total. The highest BCUT2D eigenvalue weighted by molar-refractivity contribution is 7.08. The normalized spacial score (nSPS) is 12.6. The van der Waals surface area contributed by atoms with Crippen LogP contribution in [0.5, 0.6) is 0 Å². The minimum Gasteiger partial charge on any atom is -0.306 e. The number of hydrogen-bond donors (Lipinski definition) is 1. The molecule has 1 N–H and O–H groups in total. The molecule has 0 aliphatic rings. The van der Waals surface area contributed by atoms with Crippen LogP contribution < -0.4 is 5.32 Å². The smallest absolute Gasteiger partial charge is 0.115 e. The summed E-state index contributed by atoms with van der Waals surface area (Å²) in [7, 11) is 0. The summed E-state index contributed by atoms with van der Waals surface area (Å²) < 4.78 is 0. The zero-order valence-electron chi connectivity index (χ0n) is 8.55. The maximum atomic E-state index is 4.05. The minimum absolute atomic E-state index is 0.211. The molecule has 0 saturated carbocycles. The van der Waals surface area contributed by atoms with E-state index < -0.39 is 0 Å². The van der Waals surface area contributed by atoms with Gasteiger partial charge in [0.1, 0.15) is 6.33 Å². The second-order valence-electron chi connectivity index (χ2n) is 3.22. The third-order valence-electron chi connectivity index (χ3n) is 2.20. The van der Waals surface area contributed by atoms with Gasteiger partial charge in [-0.3, -0.25) is 0 Å². The molecule has 78 valence electrons. The molecule has 0 amide bonds. The van der Waals surface area contributed by atoms with Gasteiger partial charge >= 0.3 is 0 Å². The average Bonchev–Trinajstić information content (AvgIpc) is 2.80. The second-order valence-corrected chi connectivity index (χ2v) is 4.00. The van der Waals surface area contributed by atoms with Crippen LogP contribution in [-0.4, -0.2) is 16.5 Å². The van der Waals surface area contributed by atoms with Crippen molar-refractivity contribution in [3.63, 3.8) is 0 Å². The van der Waals surface area contributed by atoms with Gasteiger partial charge in [0.25, 0.3) is 0 Å². The molecular formula is C11H13N3S. The standard InChI is InChI=1S/C11H13N3S/c1-2-14-11(9-3-4-15-7-9)10-5-12-8-13-6-10/h3-8,11,14H,2H2,1H3. The van der Waals surface area contributed by atoms with Crippen LogP contribution in [0.4, 0.5) is 0 Å². The Morgan fingerprint density at radius 1 is 1.33 bits per heavy atom. The summed E-state index contributed by atoms with van der Waals surface area (Å²) in [4.78, 5) is 8.10. The summed E-state index contributed by atoms with van der Waals surface area (Å²) in [5.74, 6) is 0. The van der Waals surface area contributed by atoms with E-state index in [4.69, 9.17) is 0 Å². The van der Waals surface area contributed by atoms with E-state index in [9.17, 15) is 0 Å². The van der Waals surface area contributed by atoms with Crippen molar-refractivity contribution in [3.05, 3.63) is 46.7 Å². The molecule has 0 aliphatic heterocycles. The summed E-state index contributed by atoms with van der Waals surface area (Å²) in [6, 6.07) is 2.34. The highest BCUT2D eigenvalue weighted by Gasteiger charge is 2.13. The van der Waals surface area contributed by atoms with Crippen molar-refractivity contribution in [1.82, 2.24) is 15.3 Å². The van der Waals surface area contributed by atoms with Crippen molar-refractivity contribution in [3.8, 4) is 0 Å². The third-order valence-corrected chi connectivity index (χ3v) is 2.90. The molecule has 2 aromatic rings. The van der Waals surface area contributed by atoms with E-state index in [0.29, 0.717) is 0 Å². The van der Waals surface area contributed by atoms with E-state index in [2.05, 4.69) is 39.0 Å². The van der Waals surface area contributed by atoms with E-state index in [1.54, 1.807) is 17.7 Å². The molecule has 0 bridgehead atoms. The van der Waals surface area contributed by atoms with Gasteiger partial charge in [-0.05, 0) is 28.9 Å². The molecule has 1 unspecified atom stereocenters. The summed E-state index contributed by atoms with van der Waals surface area (Å²) in [6.07, 6.45) is 5.27. The molecular weight excluding hydrogens is 206 g/mol. The van der Waals surface area contributed by atoms with Crippen molar-refractivity contribution in [2.45, 2.75) is 13.0 Å². The van der Waals surface area contributed by atoms with Gasteiger partial charge in [-0.1, -0.05) is 6.92 Å². The Balaban J connectivity index is 2.28. The molecule has 2 rings (SSSR count). The largest absolute Gasteiger partial charge is 0.306 e. The van der Waals surface area contributed by atoms with Gasteiger partial charge in [0, 0.05) is 18.0 Å². The molecule has 1 atom stereocenters. The van der Waals surface area contributed by atoms with Gasteiger partial charge in [-0.2, -0.15) is 11.3 Å². The summed E-state index contributed by atoms with van der Waals surface area (Å²) in [6.45, 7) is 3.03. The van der Waals surface area contributed by atoms with Crippen molar-refractivity contribution < 1.29 is 0 Å². The van der Waals surface area contributed by atoms with Crippen LogP contribution in [0.3, 0.4) is 0 Å². The highest BCUT2D eigenvalue weighted by Crippen LogP contribution is 2.22. The SMILES string of the molecule is CCNC(c1cncnc1)c1ccsc1. The number of nitrogens with one attached hydrogen (secondary N) is 1. The van der Waals surface area contributed by atoms with Gasteiger partial charge in [0.2, 0.25) is 0 Å². The average molecular weight is 219 g/mol. The molecule has 15 heavy (non-hydrogen) atoms. The Morgan fingerprint density at radius 2 is 2.13 bits per heavy atom. The molecule has 2 aromatic heterocycles. The molecule has 0 saturated heterocycles. The number of nitrogens with zero attached hydrogens (tertiary/aromatic N) is 2. The zero-order chi connectivity index (χ0) is 10.5. The lowest BCUT2D eigenvalue weighted by Gasteiger charge is -2.16. The maximum Gasteiger partial charge on any atom is 0.115 e. The molecule has 2 heterocycles. The predicted octanol–water partition coefficient (Wildman–Crippen LogP) is 2.24. The summed E-state index contributed by atoms with van der Waals surface area (Å²) in [5, 5.41) is 7.67. The number of aromatic nitrogens is 2. The molecule has 0 aliphatic carbocycles. The number of hydrogen-bond acceptors (Lipinski definition) is 4. The zero-order valence-corrected chi connectivity index (χ0v) is 9.37. The molecule has 4 heteroatoms. The number of rotatable bonds is 4. The third kappa shape index (κ3) is 2.40. The highest BCUT2D eigenvalue weighted by atomic mass is 32.1. The minimum atomic E-state index is 0.211. The van der Waals surface area contributed by atoms with Gasteiger partial charge < -0.3 is 5.32 Å². The Kier molecular flexibility index (Phi) is 3.42. The lowest BCUT2D eigenvalue weighted by atomic mass is 10.0. The Morgan fingerprint density at radius 3 is 2.73 bits per heavy atom. The van der Waals surface area contributed by atoms with E-state index in [0.717, 1.165) is 12.1 Å². The first kappa shape index (κ1) is 10.3. The quantitative estimate of drug-likeness (QED) is 0.857. The molecule has 0 aromatic carbocycles. The first-order valence-electron chi connectivity index (χ1n) is 4.92. The first-order chi connectivity index (χ1) is 7.42. The van der Waals surface area contributed by atoms with Crippen molar-refractivity contribution in [1.29, 1.82) is 0 Å². The lowest BCUT2D eigenvalue weighted by Crippen LogP contribution is -2.21. The van der Waals surface area contributed by atoms with Gasteiger partial charge in [-0.15, -0.1) is 0 Å². The Bertz CT molecular complexity index is 385. The fraction of sp³-hybridized carbons (Fsp3) is 0.273. The van der Waals surface area contributed by atoms with E-state index >= 15 is 0 Å². The molecule has 0 spiro atoms.